The Labute approximate surface area is 441 Å². The summed E-state index contributed by atoms with van der Waals surface area (Å²) >= 11 is 0. The van der Waals surface area contributed by atoms with Gasteiger partial charge in [-0.15, -0.1) is 0 Å². The van der Waals surface area contributed by atoms with Crippen LogP contribution in [0, 0.1) is 0 Å². The molecule has 0 aliphatic heterocycles. The Morgan fingerprint density at radius 3 is 1.18 bits per heavy atom. The highest BCUT2D eigenvalue weighted by atomic mass is 16.7. The van der Waals surface area contributed by atoms with E-state index in [-0.39, 0.29) is 38.6 Å². The van der Waals surface area contributed by atoms with Gasteiger partial charge in [0.05, 0.1) is 40.3 Å². The Morgan fingerprint density at radius 2 is 0.792 bits per heavy atom. The number of likely N-dealkylation sites (N-methyl/N-ethyl adjacent to an activating group) is 1. The number of carboxylic acid groups (broad SMARTS) is 1. The van der Waals surface area contributed by atoms with Crippen LogP contribution in [0.5, 0.6) is 0 Å². The quantitative estimate of drug-likeness (QED) is 0.0195. The van der Waals surface area contributed by atoms with Crippen molar-refractivity contribution >= 4 is 17.9 Å². The van der Waals surface area contributed by atoms with Gasteiger partial charge in [0.25, 0.3) is 0 Å². The molecule has 0 rings (SSSR count). The maximum Gasteiger partial charge on any atom is 0.306 e. The predicted molar refractivity (Wildman–Crippen MR) is 301 cm³/mol. The third-order valence-electron chi connectivity index (χ3n) is 11.8. The van der Waals surface area contributed by atoms with Crippen LogP contribution in [-0.2, 0) is 33.3 Å². The molecule has 410 valence electrons. The normalized spacial score (nSPS) is 13.6. The molecule has 0 aliphatic rings. The second kappa shape index (κ2) is 53.2. The topological polar surface area (TPSA) is 111 Å². The van der Waals surface area contributed by atoms with Gasteiger partial charge in [-0.05, 0) is 83.5 Å². The summed E-state index contributed by atoms with van der Waals surface area (Å²) in [7, 11) is 5.90. The highest BCUT2D eigenvalue weighted by Crippen LogP contribution is 2.15. The molecular weight excluding hydrogens is 899 g/mol. The van der Waals surface area contributed by atoms with Gasteiger partial charge in [0.1, 0.15) is 13.2 Å². The number of hydrogen-bond acceptors (Lipinski definition) is 8. The molecule has 2 unspecified atom stereocenters. The minimum absolute atomic E-state index is 0.145. The van der Waals surface area contributed by atoms with Crippen molar-refractivity contribution in [1.82, 2.24) is 0 Å². The first-order chi connectivity index (χ1) is 35.1. The first-order valence-corrected chi connectivity index (χ1v) is 28.5. The van der Waals surface area contributed by atoms with Gasteiger partial charge in [-0.25, -0.2) is 0 Å². The van der Waals surface area contributed by atoms with E-state index in [1.165, 1.54) is 70.6 Å². The minimum atomic E-state index is -1.62. The van der Waals surface area contributed by atoms with E-state index in [9.17, 15) is 19.5 Å². The molecule has 0 N–H and O–H groups in total. The lowest BCUT2D eigenvalue weighted by molar-refractivity contribution is -0.870. The second-order valence-corrected chi connectivity index (χ2v) is 19.9. The van der Waals surface area contributed by atoms with Crippen molar-refractivity contribution in [2.45, 2.75) is 225 Å². The zero-order chi connectivity index (χ0) is 52.7. The van der Waals surface area contributed by atoms with Crippen molar-refractivity contribution in [2.75, 3.05) is 47.5 Å². The molecule has 0 fully saturated rings. The van der Waals surface area contributed by atoms with Crippen LogP contribution in [0.2, 0.25) is 0 Å². The average Bonchev–Trinajstić information content (AvgIpc) is 3.35. The molecule has 0 aromatic rings. The molecule has 0 spiro atoms. The highest BCUT2D eigenvalue weighted by Gasteiger charge is 2.22. The molecule has 0 aliphatic carbocycles. The second-order valence-electron chi connectivity index (χ2n) is 19.9. The molecule has 0 saturated carbocycles. The molecule has 0 aromatic carbocycles. The molecule has 0 aromatic heterocycles. The molecule has 9 heteroatoms. The van der Waals surface area contributed by atoms with Gasteiger partial charge in [0.2, 0.25) is 0 Å². The van der Waals surface area contributed by atoms with Gasteiger partial charge in [0, 0.05) is 12.8 Å². The highest BCUT2D eigenvalue weighted by molar-refractivity contribution is 5.70. The van der Waals surface area contributed by atoms with Gasteiger partial charge in [-0.1, -0.05) is 226 Å². The number of esters is 2. The number of carbonyl (C=O) groups excluding carboxylic acids is 3. The fraction of sp³-hybridized carbons (Fsp3) is 0.667. The zero-order valence-corrected chi connectivity index (χ0v) is 46.5. The number of quaternary nitrogens is 1. The summed E-state index contributed by atoms with van der Waals surface area (Å²) in [4.78, 5) is 36.8. The minimum Gasteiger partial charge on any atom is -0.545 e. The Balaban J connectivity index is 3.96. The number of carbonyl (C=O) groups is 3. The summed E-state index contributed by atoms with van der Waals surface area (Å²) in [5.74, 6) is -2.30. The van der Waals surface area contributed by atoms with Crippen LogP contribution in [-0.4, -0.2) is 82.3 Å². The standard InChI is InChI=1S/C63H105NO8/c1-6-8-10-12-14-15-16-17-18-19-20-21-22-23-24-25-26-27-28-29-30-31-32-33-34-35-36-37-38-39-40-41-42-43-44-45-46-47-48-50-52-54-61(66)72-59(57-70-60(65)53-51-49-13-11-9-7-2)58-71-63(62(67)68)69-56-55-64(3,4)5/h8,10,14-15,17-18,20-21,23-24,26-27,29-30,32-33,35-36,59,63H,6-7,9,11-13,16,19,22,25,28,31,34,37-58H2,1-5H3/b10-8-,15-14-,18-17-,21-20-,24-23-,27-26-,30-29-,33-32-,36-35-. The van der Waals surface area contributed by atoms with Gasteiger partial charge in [-0.2, -0.15) is 0 Å². The number of allylic oxidation sites excluding steroid dienone is 18. The van der Waals surface area contributed by atoms with Crippen molar-refractivity contribution in [1.29, 1.82) is 0 Å². The summed E-state index contributed by atoms with van der Waals surface area (Å²) in [6, 6.07) is 0. The molecule has 0 bridgehead atoms. The summed E-state index contributed by atoms with van der Waals surface area (Å²) in [6.45, 7) is 4.54. The summed E-state index contributed by atoms with van der Waals surface area (Å²) in [5.41, 5.74) is 0. The molecule has 0 radical (unpaired) electrons. The van der Waals surface area contributed by atoms with E-state index in [0.717, 1.165) is 109 Å². The van der Waals surface area contributed by atoms with Crippen LogP contribution in [0.15, 0.2) is 109 Å². The number of rotatable bonds is 51. The lowest BCUT2D eigenvalue weighted by atomic mass is 10.0. The first-order valence-electron chi connectivity index (χ1n) is 28.5. The molecule has 0 amide bonds. The molecule has 0 saturated heterocycles. The van der Waals surface area contributed by atoms with Crippen LogP contribution < -0.4 is 5.11 Å². The first kappa shape index (κ1) is 68.0. The summed E-state index contributed by atoms with van der Waals surface area (Å²) < 4.78 is 22.5. The van der Waals surface area contributed by atoms with E-state index in [4.69, 9.17) is 18.9 Å². The van der Waals surface area contributed by atoms with E-state index in [1.54, 1.807) is 0 Å². The van der Waals surface area contributed by atoms with Crippen LogP contribution in [0.3, 0.4) is 0 Å². The molecule has 9 nitrogen and oxygen atoms in total. The van der Waals surface area contributed by atoms with Gasteiger partial charge in [0.15, 0.2) is 12.4 Å². The lowest BCUT2D eigenvalue weighted by Crippen LogP contribution is -2.44. The molecule has 0 heterocycles. The maximum absolute atomic E-state index is 12.8. The predicted octanol–water partition coefficient (Wildman–Crippen LogP) is 15.4. The Kier molecular flexibility index (Phi) is 50.3. The Hall–Kier alpha value is -4.05. The van der Waals surface area contributed by atoms with Crippen LogP contribution in [0.25, 0.3) is 0 Å². The SMILES string of the molecule is CC/C=C\C/C=C\C/C=C\C/C=C\C/C=C\C/C=C\C/C=C\C/C=C\C/C=C\CCCCCCCCCCCCCCCC(=O)OC(COC(=O)CCCCCCCC)COC(OCC[N+](C)(C)C)C(=O)[O-]. The summed E-state index contributed by atoms with van der Waals surface area (Å²) in [6.07, 6.45) is 70.5. The Morgan fingerprint density at radius 1 is 0.431 bits per heavy atom. The number of ether oxygens (including phenoxy) is 4. The number of aliphatic carboxylic acids is 1. The van der Waals surface area contributed by atoms with Crippen LogP contribution in [0.1, 0.15) is 213 Å². The fourth-order valence-electron chi connectivity index (χ4n) is 7.41. The van der Waals surface area contributed by atoms with Crippen molar-refractivity contribution in [3.8, 4) is 0 Å². The van der Waals surface area contributed by atoms with E-state index in [0.29, 0.717) is 17.4 Å². The van der Waals surface area contributed by atoms with Crippen molar-refractivity contribution < 1.29 is 42.9 Å². The third kappa shape index (κ3) is 53.7. The smallest absolute Gasteiger partial charge is 0.306 e. The number of nitrogens with zero attached hydrogens (tertiary/aromatic N) is 1. The zero-order valence-electron chi connectivity index (χ0n) is 46.5. The van der Waals surface area contributed by atoms with Crippen molar-refractivity contribution in [2.24, 2.45) is 0 Å². The van der Waals surface area contributed by atoms with E-state index < -0.39 is 24.3 Å². The van der Waals surface area contributed by atoms with Gasteiger partial charge in [-0.3, -0.25) is 9.59 Å². The third-order valence-corrected chi connectivity index (χ3v) is 11.8. The van der Waals surface area contributed by atoms with Crippen molar-refractivity contribution in [3.63, 3.8) is 0 Å². The molecule has 72 heavy (non-hydrogen) atoms. The van der Waals surface area contributed by atoms with E-state index in [2.05, 4.69) is 123 Å². The number of carboxylic acids is 1. The van der Waals surface area contributed by atoms with Crippen LogP contribution in [0.4, 0.5) is 0 Å². The Bertz CT molecular complexity index is 1540. The van der Waals surface area contributed by atoms with Crippen LogP contribution >= 0.6 is 0 Å². The number of hydrogen-bond donors (Lipinski definition) is 0. The molecular formula is C63H105NO8. The maximum atomic E-state index is 12.8. The monoisotopic (exact) mass is 1000 g/mol. The van der Waals surface area contributed by atoms with Gasteiger partial charge >= 0.3 is 11.9 Å². The largest absolute Gasteiger partial charge is 0.545 e. The van der Waals surface area contributed by atoms with Gasteiger partial charge < -0.3 is 33.3 Å². The summed E-state index contributed by atoms with van der Waals surface area (Å²) in [5, 5.41) is 11.7. The average molecular weight is 1000 g/mol. The number of unbranched alkanes of at least 4 members (excludes halogenated alkanes) is 18. The molecule has 2 atom stereocenters. The fourth-order valence-corrected chi connectivity index (χ4v) is 7.41. The van der Waals surface area contributed by atoms with E-state index >= 15 is 0 Å². The lowest BCUT2D eigenvalue weighted by Gasteiger charge is -2.26. The van der Waals surface area contributed by atoms with E-state index in [1.807, 2.05) is 21.1 Å². The van der Waals surface area contributed by atoms with Crippen molar-refractivity contribution in [3.05, 3.63) is 109 Å².